The summed E-state index contributed by atoms with van der Waals surface area (Å²) >= 11 is 0. The zero-order valence-electron chi connectivity index (χ0n) is 8.11. The molecule has 0 amide bonds. The molecule has 1 aromatic heterocycles. The minimum atomic E-state index is -0.339. The number of nitrogen functional groups attached to an aromatic ring is 1. The first-order valence-electron chi connectivity index (χ1n) is 4.39. The Morgan fingerprint density at radius 2 is 2.07 bits per heavy atom. The molecular weight excluding hydrogens is 195 g/mol. The fourth-order valence-corrected chi connectivity index (χ4v) is 1.26. The van der Waals surface area contributed by atoms with Crippen LogP contribution in [0.2, 0.25) is 0 Å². The molecule has 2 N–H and O–H groups in total. The average molecular weight is 204 g/mol. The monoisotopic (exact) mass is 204 g/mol. The van der Waals surface area contributed by atoms with Crippen molar-refractivity contribution in [1.29, 1.82) is 0 Å². The third-order valence-electron chi connectivity index (χ3n) is 1.92. The number of aryl methyl sites for hydroxylation is 1. The van der Waals surface area contributed by atoms with E-state index in [1.54, 1.807) is 19.1 Å². The fourth-order valence-electron chi connectivity index (χ4n) is 1.26. The van der Waals surface area contributed by atoms with Gasteiger partial charge in [-0.3, -0.25) is 0 Å². The third kappa shape index (κ3) is 1.90. The molecule has 0 spiro atoms. The van der Waals surface area contributed by atoms with Gasteiger partial charge in [-0.25, -0.2) is 9.37 Å². The normalized spacial score (nSPS) is 10.3. The SMILES string of the molecule is Cc1nnc(-c2cccc(F)c2)c(N)n1. The molecule has 15 heavy (non-hydrogen) atoms. The Morgan fingerprint density at radius 3 is 2.73 bits per heavy atom. The maximum absolute atomic E-state index is 13.0. The Balaban J connectivity index is 2.54. The largest absolute Gasteiger partial charge is 0.382 e. The molecule has 0 fully saturated rings. The lowest BCUT2D eigenvalue weighted by molar-refractivity contribution is 0.628. The van der Waals surface area contributed by atoms with Crippen LogP contribution in [0.4, 0.5) is 10.2 Å². The van der Waals surface area contributed by atoms with Gasteiger partial charge in [-0.1, -0.05) is 12.1 Å². The van der Waals surface area contributed by atoms with Gasteiger partial charge >= 0.3 is 0 Å². The van der Waals surface area contributed by atoms with E-state index in [0.717, 1.165) is 0 Å². The van der Waals surface area contributed by atoms with Gasteiger partial charge in [0.1, 0.15) is 17.3 Å². The molecule has 0 aliphatic heterocycles. The van der Waals surface area contributed by atoms with E-state index in [9.17, 15) is 4.39 Å². The lowest BCUT2D eigenvalue weighted by Gasteiger charge is -2.03. The van der Waals surface area contributed by atoms with E-state index in [1.807, 2.05) is 0 Å². The summed E-state index contributed by atoms with van der Waals surface area (Å²) in [7, 11) is 0. The molecule has 2 aromatic rings. The molecule has 1 heterocycles. The smallest absolute Gasteiger partial charge is 0.154 e. The molecule has 5 heteroatoms. The van der Waals surface area contributed by atoms with Crippen molar-refractivity contribution in [3.8, 4) is 11.3 Å². The Morgan fingerprint density at radius 1 is 1.27 bits per heavy atom. The molecule has 76 valence electrons. The van der Waals surface area contributed by atoms with E-state index < -0.39 is 0 Å². The molecule has 0 saturated carbocycles. The van der Waals surface area contributed by atoms with Crippen molar-refractivity contribution in [2.45, 2.75) is 6.92 Å². The van der Waals surface area contributed by atoms with Crippen LogP contribution in [0.25, 0.3) is 11.3 Å². The number of aromatic nitrogens is 3. The predicted molar refractivity (Wildman–Crippen MR) is 54.4 cm³/mol. The average Bonchev–Trinajstić information content (AvgIpc) is 2.17. The molecule has 2 rings (SSSR count). The van der Waals surface area contributed by atoms with Crippen LogP contribution in [-0.2, 0) is 0 Å². The Hall–Kier alpha value is -2.04. The summed E-state index contributed by atoms with van der Waals surface area (Å²) in [6.45, 7) is 1.69. The van der Waals surface area contributed by atoms with Crippen molar-refractivity contribution in [3.05, 3.63) is 35.9 Å². The zero-order valence-corrected chi connectivity index (χ0v) is 8.11. The van der Waals surface area contributed by atoms with Crippen molar-refractivity contribution in [2.75, 3.05) is 5.73 Å². The quantitative estimate of drug-likeness (QED) is 0.765. The summed E-state index contributed by atoms with van der Waals surface area (Å²) in [6, 6.07) is 6.00. The zero-order chi connectivity index (χ0) is 10.8. The Kier molecular flexibility index (Phi) is 2.29. The highest BCUT2D eigenvalue weighted by molar-refractivity contribution is 5.68. The molecule has 4 nitrogen and oxygen atoms in total. The van der Waals surface area contributed by atoms with Crippen LogP contribution in [0.15, 0.2) is 24.3 Å². The van der Waals surface area contributed by atoms with Crippen LogP contribution in [0, 0.1) is 12.7 Å². The van der Waals surface area contributed by atoms with Gasteiger partial charge in [0.15, 0.2) is 5.82 Å². The summed E-state index contributed by atoms with van der Waals surface area (Å²) < 4.78 is 13.0. The fraction of sp³-hybridized carbons (Fsp3) is 0.100. The van der Waals surface area contributed by atoms with E-state index in [-0.39, 0.29) is 11.6 Å². The van der Waals surface area contributed by atoms with Crippen LogP contribution < -0.4 is 5.73 Å². The summed E-state index contributed by atoms with van der Waals surface area (Å²) in [5.74, 6) is 0.412. The van der Waals surface area contributed by atoms with Crippen LogP contribution in [-0.4, -0.2) is 15.2 Å². The van der Waals surface area contributed by atoms with Crippen LogP contribution in [0.5, 0.6) is 0 Å². The number of benzene rings is 1. The number of anilines is 1. The second-order valence-electron chi connectivity index (χ2n) is 3.10. The first kappa shape index (κ1) is 9.51. The summed E-state index contributed by atoms with van der Waals surface area (Å²) in [5.41, 5.74) is 6.65. The maximum atomic E-state index is 13.0. The van der Waals surface area contributed by atoms with Gasteiger partial charge in [0.05, 0.1) is 0 Å². The van der Waals surface area contributed by atoms with Gasteiger partial charge in [-0.15, -0.1) is 10.2 Å². The number of hydrogen-bond donors (Lipinski definition) is 1. The summed E-state index contributed by atoms with van der Waals surface area (Å²) in [6.07, 6.45) is 0. The number of hydrogen-bond acceptors (Lipinski definition) is 4. The van der Waals surface area contributed by atoms with E-state index in [2.05, 4.69) is 15.2 Å². The minimum Gasteiger partial charge on any atom is -0.382 e. The molecule has 0 aliphatic carbocycles. The molecule has 0 unspecified atom stereocenters. The highest BCUT2D eigenvalue weighted by Gasteiger charge is 2.07. The second kappa shape index (κ2) is 3.61. The van der Waals surface area contributed by atoms with Gasteiger partial charge in [-0.05, 0) is 19.1 Å². The van der Waals surface area contributed by atoms with Gasteiger partial charge in [0.2, 0.25) is 0 Å². The highest BCUT2D eigenvalue weighted by Crippen LogP contribution is 2.21. The maximum Gasteiger partial charge on any atom is 0.154 e. The van der Waals surface area contributed by atoms with Gasteiger partial charge < -0.3 is 5.73 Å². The predicted octanol–water partition coefficient (Wildman–Crippen LogP) is 1.57. The molecule has 0 saturated heterocycles. The lowest BCUT2D eigenvalue weighted by Crippen LogP contribution is -2.02. The molecule has 0 atom stereocenters. The van der Waals surface area contributed by atoms with Gasteiger partial charge in [-0.2, -0.15) is 0 Å². The van der Waals surface area contributed by atoms with E-state index in [4.69, 9.17) is 5.73 Å². The van der Waals surface area contributed by atoms with E-state index >= 15 is 0 Å². The number of halogens is 1. The van der Waals surface area contributed by atoms with Crippen molar-refractivity contribution < 1.29 is 4.39 Å². The third-order valence-corrected chi connectivity index (χ3v) is 1.92. The Labute approximate surface area is 86.0 Å². The second-order valence-corrected chi connectivity index (χ2v) is 3.10. The van der Waals surface area contributed by atoms with Crippen LogP contribution in [0.1, 0.15) is 5.82 Å². The highest BCUT2D eigenvalue weighted by atomic mass is 19.1. The van der Waals surface area contributed by atoms with Crippen molar-refractivity contribution in [2.24, 2.45) is 0 Å². The minimum absolute atomic E-state index is 0.258. The number of nitrogens with zero attached hydrogens (tertiary/aromatic N) is 3. The summed E-state index contributed by atoms with van der Waals surface area (Å²) in [5, 5.41) is 7.67. The summed E-state index contributed by atoms with van der Waals surface area (Å²) in [4.78, 5) is 3.96. The van der Waals surface area contributed by atoms with Crippen molar-refractivity contribution in [1.82, 2.24) is 15.2 Å². The standard InChI is InChI=1S/C10H9FN4/c1-6-13-10(12)9(15-14-6)7-3-2-4-8(11)5-7/h2-5H,1H3,(H2,12,13,14). The molecule has 0 bridgehead atoms. The molecule has 0 aliphatic rings. The Bertz CT molecular complexity index is 499. The van der Waals surface area contributed by atoms with Crippen LogP contribution >= 0.6 is 0 Å². The van der Waals surface area contributed by atoms with Crippen molar-refractivity contribution >= 4 is 5.82 Å². The van der Waals surface area contributed by atoms with Gasteiger partial charge in [0.25, 0.3) is 0 Å². The number of nitrogens with two attached hydrogens (primary N) is 1. The number of rotatable bonds is 1. The van der Waals surface area contributed by atoms with Crippen LogP contribution in [0.3, 0.4) is 0 Å². The first-order chi connectivity index (χ1) is 7.16. The topological polar surface area (TPSA) is 64.7 Å². The van der Waals surface area contributed by atoms with Crippen molar-refractivity contribution in [3.63, 3.8) is 0 Å². The lowest BCUT2D eigenvalue weighted by atomic mass is 10.1. The van der Waals surface area contributed by atoms with E-state index in [0.29, 0.717) is 17.1 Å². The first-order valence-corrected chi connectivity index (χ1v) is 4.39. The molecule has 1 aromatic carbocycles. The van der Waals surface area contributed by atoms with E-state index in [1.165, 1.54) is 12.1 Å². The molecule has 0 radical (unpaired) electrons. The molecular formula is C10H9FN4. The van der Waals surface area contributed by atoms with Gasteiger partial charge in [0, 0.05) is 5.56 Å².